The van der Waals surface area contributed by atoms with Crippen molar-refractivity contribution >= 4 is 11.9 Å². The molecule has 1 aromatic heterocycles. The van der Waals surface area contributed by atoms with Gasteiger partial charge in [-0.3, -0.25) is 0 Å². The molecule has 0 amide bonds. The number of rotatable bonds is 5. The minimum absolute atomic E-state index is 0.382. The van der Waals surface area contributed by atoms with Crippen molar-refractivity contribution in [1.82, 2.24) is 9.97 Å². The first kappa shape index (κ1) is 20.3. The first-order chi connectivity index (χ1) is 11.7. The van der Waals surface area contributed by atoms with Gasteiger partial charge in [-0.15, -0.1) is 0 Å². The minimum Gasteiger partial charge on any atom is -0.479 e. The number of aliphatic hydroxyl groups excluding tert-OH is 2. The standard InChI is InChI=1S/C13H16N2.C4H6O6/c1-9-5-4-6-12(10(9)2)11(3)13-7-14-8-15-13;5-1(3(7)8)2(6)4(9)10/h4-8,11H,1-3H3,(H,14,15);1-2,5-6H,(H,7,8)(H,9,10)/t11-;1-,2-/m01/s1. The van der Waals surface area contributed by atoms with Crippen LogP contribution in [0.4, 0.5) is 0 Å². The van der Waals surface area contributed by atoms with Gasteiger partial charge in [0.05, 0.1) is 6.33 Å². The number of aromatic amines is 1. The number of aliphatic carboxylic acids is 2. The lowest BCUT2D eigenvalue weighted by atomic mass is 9.92. The van der Waals surface area contributed by atoms with Crippen molar-refractivity contribution in [3.05, 3.63) is 53.1 Å². The van der Waals surface area contributed by atoms with Gasteiger partial charge in [0.2, 0.25) is 0 Å². The first-order valence-corrected chi connectivity index (χ1v) is 7.53. The quantitative estimate of drug-likeness (QED) is 0.542. The van der Waals surface area contributed by atoms with Crippen LogP contribution in [0.2, 0.25) is 0 Å². The molecule has 5 N–H and O–H groups in total. The average molecular weight is 350 g/mol. The van der Waals surface area contributed by atoms with E-state index in [2.05, 4.69) is 48.9 Å². The molecule has 3 atom stereocenters. The Balaban J connectivity index is 0.000000275. The second-order valence-electron chi connectivity index (χ2n) is 5.58. The third-order valence-corrected chi connectivity index (χ3v) is 3.90. The number of aliphatic hydroxyl groups is 2. The fourth-order valence-corrected chi connectivity index (χ4v) is 2.18. The Bertz CT molecular complexity index is 696. The molecule has 8 heteroatoms. The van der Waals surface area contributed by atoms with Gasteiger partial charge < -0.3 is 25.4 Å². The number of carboxylic acid groups (broad SMARTS) is 2. The molecule has 0 unspecified atom stereocenters. The van der Waals surface area contributed by atoms with Crippen LogP contribution in [0.15, 0.2) is 30.7 Å². The molecule has 2 aromatic rings. The van der Waals surface area contributed by atoms with Gasteiger partial charge in [0.25, 0.3) is 0 Å². The number of carbonyl (C=O) groups is 2. The van der Waals surface area contributed by atoms with Crippen LogP contribution in [0, 0.1) is 13.8 Å². The molecule has 0 fully saturated rings. The summed E-state index contributed by atoms with van der Waals surface area (Å²) in [6.07, 6.45) is -0.904. The maximum absolute atomic E-state index is 9.77. The smallest absolute Gasteiger partial charge is 0.335 e. The van der Waals surface area contributed by atoms with Gasteiger partial charge in [-0.25, -0.2) is 14.6 Å². The summed E-state index contributed by atoms with van der Waals surface area (Å²) in [6.45, 7) is 6.53. The maximum atomic E-state index is 9.77. The van der Waals surface area contributed by atoms with Crippen molar-refractivity contribution in [2.24, 2.45) is 0 Å². The first-order valence-electron chi connectivity index (χ1n) is 7.53. The zero-order chi connectivity index (χ0) is 19.1. The van der Waals surface area contributed by atoms with E-state index in [0.29, 0.717) is 5.92 Å². The summed E-state index contributed by atoms with van der Waals surface area (Å²) >= 11 is 0. The molecule has 0 spiro atoms. The number of nitrogens with one attached hydrogen (secondary N) is 1. The summed E-state index contributed by atoms with van der Waals surface area (Å²) in [4.78, 5) is 26.8. The predicted octanol–water partition coefficient (Wildman–Crippen LogP) is 1.06. The Kier molecular flexibility index (Phi) is 7.28. The molecule has 0 bridgehead atoms. The lowest BCUT2D eigenvalue weighted by Crippen LogP contribution is -2.39. The van der Waals surface area contributed by atoms with Crippen molar-refractivity contribution in [2.45, 2.75) is 38.9 Å². The second kappa shape index (κ2) is 8.95. The van der Waals surface area contributed by atoms with Gasteiger partial charge in [0.1, 0.15) is 0 Å². The topological polar surface area (TPSA) is 144 Å². The zero-order valence-corrected chi connectivity index (χ0v) is 14.2. The molecule has 0 aliphatic heterocycles. The fraction of sp³-hybridized carbons (Fsp3) is 0.353. The Labute approximate surface area is 144 Å². The van der Waals surface area contributed by atoms with Crippen LogP contribution in [-0.2, 0) is 9.59 Å². The number of nitrogens with zero attached hydrogens (tertiary/aromatic N) is 1. The number of H-pyrrole nitrogens is 1. The number of imidazole rings is 1. The Hall–Kier alpha value is -2.71. The van der Waals surface area contributed by atoms with E-state index >= 15 is 0 Å². The average Bonchev–Trinajstić information content (AvgIpc) is 3.10. The lowest BCUT2D eigenvalue weighted by molar-refractivity contribution is -0.165. The normalized spacial score (nSPS) is 14.0. The van der Waals surface area contributed by atoms with Gasteiger partial charge in [-0.2, -0.15) is 0 Å². The Morgan fingerprint density at radius 2 is 1.64 bits per heavy atom. The summed E-state index contributed by atoms with van der Waals surface area (Å²) in [5, 5.41) is 32.5. The van der Waals surface area contributed by atoms with E-state index in [4.69, 9.17) is 20.4 Å². The third kappa shape index (κ3) is 5.40. The van der Waals surface area contributed by atoms with Crippen LogP contribution in [0.25, 0.3) is 0 Å². The van der Waals surface area contributed by atoms with Crippen molar-refractivity contribution in [3.8, 4) is 0 Å². The highest BCUT2D eigenvalue weighted by Gasteiger charge is 2.29. The van der Waals surface area contributed by atoms with E-state index in [-0.39, 0.29) is 0 Å². The van der Waals surface area contributed by atoms with Gasteiger partial charge >= 0.3 is 11.9 Å². The van der Waals surface area contributed by atoms with Crippen molar-refractivity contribution in [2.75, 3.05) is 0 Å². The van der Waals surface area contributed by atoms with Crippen LogP contribution < -0.4 is 0 Å². The molecule has 2 rings (SSSR count). The monoisotopic (exact) mass is 350 g/mol. The minimum atomic E-state index is -2.27. The molecule has 0 aliphatic carbocycles. The molecule has 1 aromatic carbocycles. The SMILES string of the molecule is Cc1cccc([C@H](C)c2cnc[nH]2)c1C.O=C(O)[C@H](O)[C@@H](O)C(=O)O. The van der Waals surface area contributed by atoms with Crippen LogP contribution in [0.3, 0.4) is 0 Å². The van der Waals surface area contributed by atoms with Crippen LogP contribution in [0.5, 0.6) is 0 Å². The fourth-order valence-electron chi connectivity index (χ4n) is 2.18. The predicted molar refractivity (Wildman–Crippen MR) is 89.3 cm³/mol. The van der Waals surface area contributed by atoms with Crippen molar-refractivity contribution < 1.29 is 30.0 Å². The molecule has 0 aliphatic rings. The van der Waals surface area contributed by atoms with Crippen molar-refractivity contribution in [1.29, 1.82) is 0 Å². The summed E-state index contributed by atoms with van der Waals surface area (Å²) in [5.74, 6) is -3.16. The summed E-state index contributed by atoms with van der Waals surface area (Å²) in [7, 11) is 0. The number of hydrogen-bond donors (Lipinski definition) is 5. The van der Waals surface area contributed by atoms with Crippen molar-refractivity contribution in [3.63, 3.8) is 0 Å². The van der Waals surface area contributed by atoms with E-state index in [1.807, 2.05) is 6.20 Å². The third-order valence-electron chi connectivity index (χ3n) is 3.90. The number of aromatic nitrogens is 2. The molecule has 1 heterocycles. The van der Waals surface area contributed by atoms with Gasteiger partial charge in [0, 0.05) is 17.8 Å². The Morgan fingerprint density at radius 1 is 1.08 bits per heavy atom. The summed E-state index contributed by atoms with van der Waals surface area (Å²) in [5.41, 5.74) is 5.27. The highest BCUT2D eigenvalue weighted by atomic mass is 16.4. The van der Waals surface area contributed by atoms with Gasteiger partial charge in [-0.05, 0) is 30.5 Å². The van der Waals surface area contributed by atoms with E-state index < -0.39 is 24.1 Å². The molecule has 136 valence electrons. The molecular weight excluding hydrogens is 328 g/mol. The molecule has 0 saturated carbocycles. The molecular formula is C17H22N2O6. The molecule has 0 saturated heterocycles. The molecule has 0 radical (unpaired) electrons. The highest BCUT2D eigenvalue weighted by molar-refractivity contribution is 5.83. The molecule has 8 nitrogen and oxygen atoms in total. The van der Waals surface area contributed by atoms with E-state index in [0.717, 1.165) is 0 Å². The zero-order valence-electron chi connectivity index (χ0n) is 14.2. The number of aryl methyl sites for hydroxylation is 1. The highest BCUT2D eigenvalue weighted by Crippen LogP contribution is 2.26. The maximum Gasteiger partial charge on any atom is 0.335 e. The van der Waals surface area contributed by atoms with Crippen LogP contribution >= 0.6 is 0 Å². The van der Waals surface area contributed by atoms with Gasteiger partial charge in [-0.1, -0.05) is 25.1 Å². The summed E-state index contributed by atoms with van der Waals surface area (Å²) in [6, 6.07) is 6.46. The second-order valence-corrected chi connectivity index (χ2v) is 5.58. The lowest BCUT2D eigenvalue weighted by Gasteiger charge is -2.14. The van der Waals surface area contributed by atoms with E-state index in [9.17, 15) is 9.59 Å². The number of hydrogen-bond acceptors (Lipinski definition) is 5. The van der Waals surface area contributed by atoms with Gasteiger partial charge in [0.15, 0.2) is 12.2 Å². The van der Waals surface area contributed by atoms with Crippen LogP contribution in [0.1, 0.15) is 35.2 Å². The Morgan fingerprint density at radius 3 is 2.08 bits per heavy atom. The number of benzene rings is 1. The largest absolute Gasteiger partial charge is 0.479 e. The summed E-state index contributed by atoms with van der Waals surface area (Å²) < 4.78 is 0. The number of carboxylic acids is 2. The van der Waals surface area contributed by atoms with Crippen LogP contribution in [-0.4, -0.2) is 54.5 Å². The molecule has 25 heavy (non-hydrogen) atoms. The van der Waals surface area contributed by atoms with E-state index in [1.165, 1.54) is 22.4 Å². The van der Waals surface area contributed by atoms with E-state index in [1.54, 1.807) is 6.33 Å².